The molecule has 114 valence electrons. The molecular weight excluding hydrogens is 240 g/mol. The summed E-state index contributed by atoms with van der Waals surface area (Å²) in [5.74, 6) is 9.25. The fourth-order valence-electron chi connectivity index (χ4n) is 3.05. The Bertz CT molecular complexity index is 307. The molecule has 0 aliphatic rings. The molecule has 0 rings (SSSR count). The first-order chi connectivity index (χ1) is 9.64. The lowest BCUT2D eigenvalue weighted by Crippen LogP contribution is -2.22. The molecule has 0 aliphatic heterocycles. The van der Waals surface area contributed by atoms with E-state index in [1.54, 1.807) is 0 Å². The molecular formula is C20H34. The summed E-state index contributed by atoms with van der Waals surface area (Å²) >= 11 is 0. The van der Waals surface area contributed by atoms with Crippen LogP contribution in [0, 0.1) is 35.5 Å². The molecule has 0 aromatic rings. The van der Waals surface area contributed by atoms with Gasteiger partial charge in [-0.25, -0.2) is 0 Å². The molecule has 0 radical (unpaired) electrons. The highest BCUT2D eigenvalue weighted by molar-refractivity contribution is 5.06. The van der Waals surface area contributed by atoms with Gasteiger partial charge in [-0.15, -0.1) is 19.1 Å². The molecule has 0 aromatic heterocycles. The van der Waals surface area contributed by atoms with Gasteiger partial charge >= 0.3 is 0 Å². The molecule has 0 aromatic carbocycles. The Morgan fingerprint density at radius 1 is 1.00 bits per heavy atom. The molecule has 0 heterocycles. The smallest absolute Gasteiger partial charge is 0.0233 e. The van der Waals surface area contributed by atoms with Crippen molar-refractivity contribution < 1.29 is 0 Å². The summed E-state index contributed by atoms with van der Waals surface area (Å²) in [5.41, 5.74) is 0. The lowest BCUT2D eigenvalue weighted by molar-refractivity contribution is 0.234. The summed E-state index contributed by atoms with van der Waals surface area (Å²) in [6, 6.07) is 0. The third-order valence-corrected chi connectivity index (χ3v) is 4.18. The van der Waals surface area contributed by atoms with Crippen LogP contribution in [-0.2, 0) is 0 Å². The molecule has 0 spiro atoms. The summed E-state index contributed by atoms with van der Waals surface area (Å²) < 4.78 is 0. The van der Waals surface area contributed by atoms with Crippen LogP contribution >= 0.6 is 0 Å². The summed E-state index contributed by atoms with van der Waals surface area (Å²) in [6.07, 6.45) is 11.2. The maximum atomic E-state index is 3.92. The fourth-order valence-corrected chi connectivity index (χ4v) is 3.05. The maximum absolute atomic E-state index is 3.92. The zero-order chi connectivity index (χ0) is 15.4. The van der Waals surface area contributed by atoms with Crippen molar-refractivity contribution in [3.63, 3.8) is 0 Å². The summed E-state index contributed by atoms with van der Waals surface area (Å²) in [6.45, 7) is 16.9. The van der Waals surface area contributed by atoms with Gasteiger partial charge in [0.15, 0.2) is 0 Å². The summed E-state index contributed by atoms with van der Waals surface area (Å²) in [5, 5.41) is 0. The fraction of sp³-hybridized carbons (Fsp3) is 0.700. The van der Waals surface area contributed by atoms with Crippen LogP contribution in [-0.4, -0.2) is 0 Å². The molecule has 0 fully saturated rings. The van der Waals surface area contributed by atoms with E-state index < -0.39 is 0 Å². The van der Waals surface area contributed by atoms with Gasteiger partial charge in [-0.1, -0.05) is 58.6 Å². The highest BCUT2D eigenvalue weighted by atomic mass is 14.3. The highest BCUT2D eigenvalue weighted by Gasteiger charge is 2.25. The molecule has 0 N–H and O–H groups in total. The van der Waals surface area contributed by atoms with Crippen LogP contribution in [0.2, 0.25) is 0 Å². The van der Waals surface area contributed by atoms with Crippen LogP contribution in [0.25, 0.3) is 0 Å². The first-order valence-corrected chi connectivity index (χ1v) is 8.37. The standard InChI is InChI=1S/C20H34/c1-7-12-15-19(13-8-2)20(14-9-3)17(6)16-18(10-4)11-5/h10-11,17-20H,4-5,7-9,13-14,16H2,1-3,6H3. The first kappa shape index (κ1) is 19.0. The maximum Gasteiger partial charge on any atom is 0.0233 e. The number of hydrogen-bond donors (Lipinski definition) is 0. The largest absolute Gasteiger partial charge is 0.103 e. The van der Waals surface area contributed by atoms with Gasteiger partial charge < -0.3 is 0 Å². The van der Waals surface area contributed by atoms with E-state index in [-0.39, 0.29) is 0 Å². The molecule has 0 nitrogen and oxygen atoms in total. The highest BCUT2D eigenvalue weighted by Crippen LogP contribution is 2.33. The Kier molecular flexibility index (Phi) is 11.3. The van der Waals surface area contributed by atoms with Gasteiger partial charge in [0.25, 0.3) is 0 Å². The van der Waals surface area contributed by atoms with Gasteiger partial charge in [0.05, 0.1) is 0 Å². The quantitative estimate of drug-likeness (QED) is 0.326. The number of allylic oxidation sites excluding steroid dienone is 2. The summed E-state index contributed by atoms with van der Waals surface area (Å²) in [7, 11) is 0. The molecule has 0 heteroatoms. The monoisotopic (exact) mass is 274 g/mol. The van der Waals surface area contributed by atoms with E-state index in [1.165, 1.54) is 25.7 Å². The second-order valence-corrected chi connectivity index (χ2v) is 5.87. The van der Waals surface area contributed by atoms with Crippen LogP contribution in [0.15, 0.2) is 25.3 Å². The Morgan fingerprint density at radius 2 is 1.60 bits per heavy atom. The van der Waals surface area contributed by atoms with Gasteiger partial charge in [0.1, 0.15) is 0 Å². The van der Waals surface area contributed by atoms with Crippen LogP contribution in [0.1, 0.15) is 66.2 Å². The predicted molar refractivity (Wildman–Crippen MR) is 92.5 cm³/mol. The SMILES string of the molecule is C=CC(C=C)CC(C)C(CCC)C(C#CCC)CCC. The van der Waals surface area contributed by atoms with Crippen LogP contribution in [0.3, 0.4) is 0 Å². The minimum Gasteiger partial charge on any atom is -0.103 e. The number of hydrogen-bond acceptors (Lipinski definition) is 0. The van der Waals surface area contributed by atoms with E-state index in [2.05, 4.69) is 52.7 Å². The first-order valence-electron chi connectivity index (χ1n) is 8.37. The Balaban J connectivity index is 4.94. The minimum atomic E-state index is 0.436. The van der Waals surface area contributed by atoms with Crippen molar-refractivity contribution in [1.29, 1.82) is 0 Å². The third-order valence-electron chi connectivity index (χ3n) is 4.18. The van der Waals surface area contributed by atoms with Gasteiger partial charge in [-0.3, -0.25) is 0 Å². The Hall–Kier alpha value is -0.960. The molecule has 3 unspecified atom stereocenters. The van der Waals surface area contributed by atoms with E-state index in [0.29, 0.717) is 23.7 Å². The van der Waals surface area contributed by atoms with Crippen molar-refractivity contribution in [2.45, 2.75) is 66.2 Å². The average molecular weight is 274 g/mol. The van der Waals surface area contributed by atoms with Gasteiger partial charge in [0.2, 0.25) is 0 Å². The second kappa shape index (κ2) is 11.8. The minimum absolute atomic E-state index is 0.436. The molecule has 0 bridgehead atoms. The zero-order valence-corrected chi connectivity index (χ0v) is 14.1. The van der Waals surface area contributed by atoms with E-state index in [1.807, 2.05) is 12.2 Å². The van der Waals surface area contributed by atoms with Crippen molar-refractivity contribution in [2.75, 3.05) is 0 Å². The summed E-state index contributed by atoms with van der Waals surface area (Å²) in [4.78, 5) is 0. The molecule has 0 saturated carbocycles. The van der Waals surface area contributed by atoms with Gasteiger partial charge in [0, 0.05) is 12.3 Å². The van der Waals surface area contributed by atoms with E-state index in [9.17, 15) is 0 Å². The van der Waals surface area contributed by atoms with Crippen molar-refractivity contribution in [3.8, 4) is 11.8 Å². The van der Waals surface area contributed by atoms with Crippen LogP contribution < -0.4 is 0 Å². The molecule has 0 amide bonds. The lowest BCUT2D eigenvalue weighted by Gasteiger charge is -2.30. The predicted octanol–water partition coefficient (Wildman–Crippen LogP) is 6.25. The lowest BCUT2D eigenvalue weighted by atomic mass is 9.74. The van der Waals surface area contributed by atoms with E-state index >= 15 is 0 Å². The Morgan fingerprint density at radius 3 is 2.05 bits per heavy atom. The van der Waals surface area contributed by atoms with Gasteiger partial charge in [-0.05, 0) is 37.0 Å². The van der Waals surface area contributed by atoms with Crippen LogP contribution in [0.4, 0.5) is 0 Å². The van der Waals surface area contributed by atoms with E-state index in [0.717, 1.165) is 12.8 Å². The molecule has 3 atom stereocenters. The average Bonchev–Trinajstić information content (AvgIpc) is 2.46. The molecule has 20 heavy (non-hydrogen) atoms. The topological polar surface area (TPSA) is 0 Å². The Labute approximate surface area is 127 Å². The van der Waals surface area contributed by atoms with Crippen molar-refractivity contribution >= 4 is 0 Å². The molecule has 0 aliphatic carbocycles. The van der Waals surface area contributed by atoms with Crippen molar-refractivity contribution in [2.24, 2.45) is 23.7 Å². The zero-order valence-electron chi connectivity index (χ0n) is 14.1. The second-order valence-electron chi connectivity index (χ2n) is 5.87. The van der Waals surface area contributed by atoms with Crippen molar-refractivity contribution in [1.82, 2.24) is 0 Å². The molecule has 0 saturated heterocycles. The third kappa shape index (κ3) is 6.99. The van der Waals surface area contributed by atoms with E-state index in [4.69, 9.17) is 0 Å². The van der Waals surface area contributed by atoms with Crippen LogP contribution in [0.5, 0.6) is 0 Å². The van der Waals surface area contributed by atoms with Crippen molar-refractivity contribution in [3.05, 3.63) is 25.3 Å². The normalized spacial score (nSPS) is 15.1. The number of rotatable bonds is 10. The van der Waals surface area contributed by atoms with Gasteiger partial charge in [-0.2, -0.15) is 0 Å².